The third kappa shape index (κ3) is 3.01. The Hall–Kier alpha value is -3.07. The Bertz CT molecular complexity index is 863. The normalized spacial score (nSPS) is 10.4. The van der Waals surface area contributed by atoms with Gasteiger partial charge in [-0.05, 0) is 49.2 Å². The number of hydrogen-bond donors (Lipinski definition) is 1. The van der Waals surface area contributed by atoms with Crippen molar-refractivity contribution < 1.29 is 14.6 Å². The lowest BCUT2D eigenvalue weighted by atomic mass is 9.95. The Morgan fingerprint density at radius 3 is 2.08 bits per heavy atom. The molecule has 0 amide bonds. The molecule has 3 heteroatoms. The van der Waals surface area contributed by atoms with Gasteiger partial charge in [0.15, 0.2) is 0 Å². The van der Waals surface area contributed by atoms with Gasteiger partial charge < -0.3 is 9.84 Å². The molecule has 0 radical (unpaired) electrons. The van der Waals surface area contributed by atoms with E-state index >= 15 is 0 Å². The first-order chi connectivity index (χ1) is 11.6. The van der Waals surface area contributed by atoms with Gasteiger partial charge in [0.2, 0.25) is 0 Å². The van der Waals surface area contributed by atoms with E-state index in [-0.39, 0.29) is 5.75 Å². The Balaban J connectivity index is 2.08. The summed E-state index contributed by atoms with van der Waals surface area (Å²) >= 11 is 0. The molecule has 3 aromatic carbocycles. The van der Waals surface area contributed by atoms with Crippen LogP contribution in [0.15, 0.2) is 66.7 Å². The smallest absolute Gasteiger partial charge is 0.343 e. The molecule has 3 rings (SSSR count). The standard InChI is InChI=1S/C21H18O3/c1-14-8-6-12-17(22)19(14)20-15(2)9-7-13-18(20)24-21(23)16-10-4-3-5-11-16/h3-13,22H,1-2H3. The summed E-state index contributed by atoms with van der Waals surface area (Å²) in [4.78, 5) is 12.4. The second-order valence-electron chi connectivity index (χ2n) is 5.67. The fourth-order valence-electron chi connectivity index (χ4n) is 2.76. The van der Waals surface area contributed by atoms with Crippen molar-refractivity contribution in [2.24, 2.45) is 0 Å². The molecule has 24 heavy (non-hydrogen) atoms. The van der Waals surface area contributed by atoms with Crippen LogP contribution >= 0.6 is 0 Å². The molecule has 0 heterocycles. The lowest BCUT2D eigenvalue weighted by Crippen LogP contribution is -2.09. The van der Waals surface area contributed by atoms with Gasteiger partial charge in [-0.1, -0.05) is 42.5 Å². The van der Waals surface area contributed by atoms with Gasteiger partial charge in [-0.2, -0.15) is 0 Å². The fourth-order valence-corrected chi connectivity index (χ4v) is 2.76. The first kappa shape index (κ1) is 15.8. The van der Waals surface area contributed by atoms with Crippen molar-refractivity contribution in [3.63, 3.8) is 0 Å². The second kappa shape index (κ2) is 6.59. The molecule has 0 aromatic heterocycles. The van der Waals surface area contributed by atoms with Gasteiger partial charge in [0.1, 0.15) is 11.5 Å². The zero-order chi connectivity index (χ0) is 17.1. The number of hydrogen-bond acceptors (Lipinski definition) is 3. The van der Waals surface area contributed by atoms with Crippen LogP contribution in [-0.4, -0.2) is 11.1 Å². The van der Waals surface area contributed by atoms with Crippen LogP contribution in [0, 0.1) is 13.8 Å². The number of rotatable bonds is 3. The van der Waals surface area contributed by atoms with E-state index in [1.54, 1.807) is 42.5 Å². The molecule has 0 bridgehead atoms. The van der Waals surface area contributed by atoms with E-state index in [2.05, 4.69) is 0 Å². The molecule has 0 unspecified atom stereocenters. The first-order valence-electron chi connectivity index (χ1n) is 7.73. The topological polar surface area (TPSA) is 46.5 Å². The van der Waals surface area contributed by atoms with Gasteiger partial charge in [0, 0.05) is 11.1 Å². The van der Waals surface area contributed by atoms with Crippen molar-refractivity contribution in [2.45, 2.75) is 13.8 Å². The van der Waals surface area contributed by atoms with Gasteiger partial charge in [0.25, 0.3) is 0 Å². The van der Waals surface area contributed by atoms with Gasteiger partial charge in [0.05, 0.1) is 5.56 Å². The van der Waals surface area contributed by atoms with Gasteiger partial charge in [-0.15, -0.1) is 0 Å². The van der Waals surface area contributed by atoms with E-state index in [1.165, 1.54) is 0 Å². The van der Waals surface area contributed by atoms with Crippen LogP contribution in [0.2, 0.25) is 0 Å². The number of carbonyl (C=O) groups is 1. The predicted molar refractivity (Wildman–Crippen MR) is 94.4 cm³/mol. The molecule has 0 aliphatic carbocycles. The average Bonchev–Trinajstić information content (AvgIpc) is 2.57. The summed E-state index contributed by atoms with van der Waals surface area (Å²) in [7, 11) is 0. The number of phenolic OH excluding ortho intramolecular Hbond substituents is 1. The predicted octanol–water partition coefficient (Wildman–Crippen LogP) is 4.90. The Morgan fingerprint density at radius 2 is 1.42 bits per heavy atom. The lowest BCUT2D eigenvalue weighted by Gasteiger charge is -2.16. The summed E-state index contributed by atoms with van der Waals surface area (Å²) in [5.41, 5.74) is 3.75. The molecular weight excluding hydrogens is 300 g/mol. The summed E-state index contributed by atoms with van der Waals surface area (Å²) in [6, 6.07) is 19.7. The van der Waals surface area contributed by atoms with Crippen molar-refractivity contribution >= 4 is 5.97 Å². The number of ether oxygens (including phenoxy) is 1. The van der Waals surface area contributed by atoms with E-state index in [9.17, 15) is 9.90 Å². The number of aryl methyl sites for hydroxylation is 2. The highest BCUT2D eigenvalue weighted by Gasteiger charge is 2.18. The highest BCUT2D eigenvalue weighted by atomic mass is 16.5. The van der Waals surface area contributed by atoms with Crippen molar-refractivity contribution in [3.8, 4) is 22.6 Å². The van der Waals surface area contributed by atoms with Gasteiger partial charge >= 0.3 is 5.97 Å². The quantitative estimate of drug-likeness (QED) is 0.552. The van der Waals surface area contributed by atoms with Gasteiger partial charge in [-0.25, -0.2) is 4.79 Å². The van der Waals surface area contributed by atoms with Gasteiger partial charge in [-0.3, -0.25) is 0 Å². The third-order valence-electron chi connectivity index (χ3n) is 3.95. The molecule has 120 valence electrons. The first-order valence-corrected chi connectivity index (χ1v) is 7.73. The zero-order valence-corrected chi connectivity index (χ0v) is 13.6. The van der Waals surface area contributed by atoms with Crippen LogP contribution in [0.25, 0.3) is 11.1 Å². The van der Waals surface area contributed by atoms with Crippen LogP contribution in [0.4, 0.5) is 0 Å². The molecular formula is C21H18O3. The molecule has 0 spiro atoms. The molecule has 0 saturated carbocycles. The van der Waals surface area contributed by atoms with Crippen LogP contribution in [0.5, 0.6) is 11.5 Å². The maximum absolute atomic E-state index is 12.4. The van der Waals surface area contributed by atoms with Crippen LogP contribution in [-0.2, 0) is 0 Å². The number of esters is 1. The van der Waals surface area contributed by atoms with E-state index in [0.717, 1.165) is 16.7 Å². The lowest BCUT2D eigenvalue weighted by molar-refractivity contribution is 0.0735. The van der Waals surface area contributed by atoms with Crippen LogP contribution in [0.1, 0.15) is 21.5 Å². The van der Waals surface area contributed by atoms with E-state index in [0.29, 0.717) is 16.9 Å². The number of benzene rings is 3. The molecule has 0 aliphatic rings. The molecule has 0 saturated heterocycles. The summed E-state index contributed by atoms with van der Waals surface area (Å²) in [5.74, 6) is 0.185. The number of aromatic hydroxyl groups is 1. The molecule has 0 fully saturated rings. The SMILES string of the molecule is Cc1cccc(O)c1-c1c(C)cccc1OC(=O)c1ccccc1. The number of carbonyl (C=O) groups excluding carboxylic acids is 1. The molecule has 0 atom stereocenters. The Morgan fingerprint density at radius 1 is 0.792 bits per heavy atom. The minimum atomic E-state index is -0.421. The third-order valence-corrected chi connectivity index (χ3v) is 3.95. The second-order valence-corrected chi connectivity index (χ2v) is 5.67. The maximum Gasteiger partial charge on any atom is 0.343 e. The minimum Gasteiger partial charge on any atom is -0.507 e. The fraction of sp³-hybridized carbons (Fsp3) is 0.0952. The summed E-state index contributed by atoms with van der Waals surface area (Å²) in [5, 5.41) is 10.3. The zero-order valence-electron chi connectivity index (χ0n) is 13.6. The monoisotopic (exact) mass is 318 g/mol. The average molecular weight is 318 g/mol. The van der Waals surface area contributed by atoms with Crippen molar-refractivity contribution in [1.29, 1.82) is 0 Å². The van der Waals surface area contributed by atoms with Crippen LogP contribution < -0.4 is 4.74 Å². The highest BCUT2D eigenvalue weighted by molar-refractivity contribution is 5.93. The van der Waals surface area contributed by atoms with Crippen molar-refractivity contribution in [2.75, 3.05) is 0 Å². The Kier molecular flexibility index (Phi) is 4.34. The van der Waals surface area contributed by atoms with Crippen LogP contribution in [0.3, 0.4) is 0 Å². The van der Waals surface area contributed by atoms with Crippen molar-refractivity contribution in [3.05, 3.63) is 83.4 Å². The van der Waals surface area contributed by atoms with Crippen molar-refractivity contribution in [1.82, 2.24) is 0 Å². The number of phenols is 1. The van der Waals surface area contributed by atoms with E-state index < -0.39 is 5.97 Å². The van der Waals surface area contributed by atoms with E-state index in [4.69, 9.17) is 4.74 Å². The molecule has 3 nitrogen and oxygen atoms in total. The summed E-state index contributed by atoms with van der Waals surface area (Å²) in [6.45, 7) is 3.85. The largest absolute Gasteiger partial charge is 0.507 e. The summed E-state index contributed by atoms with van der Waals surface area (Å²) in [6.07, 6.45) is 0. The molecule has 1 N–H and O–H groups in total. The minimum absolute atomic E-state index is 0.168. The highest BCUT2D eigenvalue weighted by Crippen LogP contribution is 2.40. The molecule has 0 aliphatic heterocycles. The molecule has 3 aromatic rings. The summed E-state index contributed by atoms with van der Waals surface area (Å²) < 4.78 is 5.63. The maximum atomic E-state index is 12.4. The Labute approximate surface area is 141 Å². The van der Waals surface area contributed by atoms with E-state index in [1.807, 2.05) is 38.1 Å².